The van der Waals surface area contributed by atoms with E-state index in [9.17, 15) is 0 Å². The normalized spacial score (nSPS) is 12.1. The van der Waals surface area contributed by atoms with Crippen LogP contribution in [0.1, 0.15) is 0 Å². The minimum absolute atomic E-state index is 0.916. The number of fused-ring (bicyclic) bond motifs is 9. The summed E-state index contributed by atoms with van der Waals surface area (Å²) in [6.07, 6.45) is 0. The molecule has 0 fully saturated rings. The Kier molecular flexibility index (Phi) is 3.42. The van der Waals surface area contributed by atoms with Crippen molar-refractivity contribution in [1.29, 1.82) is 0 Å². The summed E-state index contributed by atoms with van der Waals surface area (Å²) < 4.78 is 8.68. The van der Waals surface area contributed by atoms with Gasteiger partial charge in [-0.1, -0.05) is 78.9 Å². The molecule has 8 rings (SSSR count). The first-order valence-electron chi connectivity index (χ1n) is 11.6. The minimum atomic E-state index is 0.916. The highest BCUT2D eigenvalue weighted by Crippen LogP contribution is 2.38. The van der Waals surface area contributed by atoms with E-state index in [-0.39, 0.29) is 0 Å². The lowest BCUT2D eigenvalue weighted by atomic mass is 10.1. The van der Waals surface area contributed by atoms with Gasteiger partial charge >= 0.3 is 0 Å². The highest BCUT2D eigenvalue weighted by atomic mass is 16.3. The first-order valence-corrected chi connectivity index (χ1v) is 11.6. The second-order valence-electron chi connectivity index (χ2n) is 9.01. The molecule has 2 aromatic heterocycles. The van der Waals surface area contributed by atoms with Gasteiger partial charge in [0.1, 0.15) is 11.2 Å². The Hall–Kier alpha value is -4.56. The quantitative estimate of drug-likeness (QED) is 0.253. The van der Waals surface area contributed by atoms with Crippen LogP contribution in [-0.2, 0) is 0 Å². The second-order valence-corrected chi connectivity index (χ2v) is 9.01. The van der Waals surface area contributed by atoms with Crippen LogP contribution < -0.4 is 0 Å². The van der Waals surface area contributed by atoms with Crippen LogP contribution in [0.3, 0.4) is 0 Å². The molecule has 0 unspecified atom stereocenters. The molecule has 0 N–H and O–H groups in total. The molecule has 0 saturated heterocycles. The van der Waals surface area contributed by atoms with Crippen molar-refractivity contribution in [3.05, 3.63) is 115 Å². The number of hydrogen-bond donors (Lipinski definition) is 0. The summed E-state index contributed by atoms with van der Waals surface area (Å²) in [6.45, 7) is 0. The van der Waals surface area contributed by atoms with E-state index in [0.717, 1.165) is 27.6 Å². The van der Waals surface area contributed by atoms with Crippen LogP contribution in [0.2, 0.25) is 0 Å². The molecule has 0 aliphatic rings. The number of rotatable bonds is 1. The minimum Gasteiger partial charge on any atom is -0.456 e. The standard InChI is InChI=1S/C32H19NO/c1-2-9-22-18-31-27(17-21(22)8-1)28-19-23(14-16-30(28)34-31)33-29-12-6-5-11-25(29)26-15-13-20-7-3-4-10-24(20)32(26)33/h1-19H. The Bertz CT molecular complexity index is 2070. The number of nitrogens with zero attached hydrogens (tertiary/aromatic N) is 1. The summed E-state index contributed by atoms with van der Waals surface area (Å²) in [5.41, 5.74) is 5.45. The van der Waals surface area contributed by atoms with E-state index in [2.05, 4.69) is 120 Å². The molecule has 158 valence electrons. The summed E-state index contributed by atoms with van der Waals surface area (Å²) in [5, 5.41) is 9.78. The second kappa shape index (κ2) is 6.49. The number of hydrogen-bond acceptors (Lipinski definition) is 1. The van der Waals surface area contributed by atoms with Gasteiger partial charge in [-0.05, 0) is 52.6 Å². The summed E-state index contributed by atoms with van der Waals surface area (Å²) >= 11 is 0. The molecule has 6 aromatic carbocycles. The monoisotopic (exact) mass is 433 g/mol. The fraction of sp³-hybridized carbons (Fsp3) is 0. The zero-order chi connectivity index (χ0) is 22.2. The summed E-state index contributed by atoms with van der Waals surface area (Å²) in [6, 6.07) is 41.3. The highest BCUT2D eigenvalue weighted by molar-refractivity contribution is 6.19. The topological polar surface area (TPSA) is 18.1 Å². The molecule has 0 amide bonds. The molecule has 0 radical (unpaired) electrons. The van der Waals surface area contributed by atoms with Crippen LogP contribution in [-0.4, -0.2) is 4.57 Å². The Labute approximate surface area is 195 Å². The van der Waals surface area contributed by atoms with Crippen LogP contribution in [0.4, 0.5) is 0 Å². The van der Waals surface area contributed by atoms with Crippen molar-refractivity contribution in [3.8, 4) is 5.69 Å². The van der Waals surface area contributed by atoms with Crippen molar-refractivity contribution >= 4 is 65.3 Å². The Morgan fingerprint density at radius 2 is 1.15 bits per heavy atom. The first kappa shape index (κ1) is 17.9. The van der Waals surface area contributed by atoms with Crippen LogP contribution in [0.25, 0.3) is 71.0 Å². The average Bonchev–Trinajstić information content (AvgIpc) is 3.42. The smallest absolute Gasteiger partial charge is 0.136 e. The van der Waals surface area contributed by atoms with Gasteiger partial charge in [-0.2, -0.15) is 0 Å². The Morgan fingerprint density at radius 3 is 2.03 bits per heavy atom. The van der Waals surface area contributed by atoms with E-state index in [1.807, 2.05) is 0 Å². The van der Waals surface area contributed by atoms with Crippen LogP contribution >= 0.6 is 0 Å². The predicted octanol–water partition coefficient (Wildman–Crippen LogP) is 8.99. The molecule has 34 heavy (non-hydrogen) atoms. The molecule has 0 aliphatic carbocycles. The first-order chi connectivity index (χ1) is 16.8. The maximum Gasteiger partial charge on any atom is 0.136 e. The van der Waals surface area contributed by atoms with Crippen molar-refractivity contribution < 1.29 is 4.42 Å². The van der Waals surface area contributed by atoms with Crippen molar-refractivity contribution in [2.24, 2.45) is 0 Å². The molecule has 0 bridgehead atoms. The molecular formula is C32H19NO. The number of furan rings is 1. The van der Waals surface area contributed by atoms with Crippen molar-refractivity contribution in [3.63, 3.8) is 0 Å². The predicted molar refractivity (Wildman–Crippen MR) is 143 cm³/mol. The molecule has 8 aromatic rings. The van der Waals surface area contributed by atoms with E-state index in [0.29, 0.717) is 0 Å². The largest absolute Gasteiger partial charge is 0.456 e. The third kappa shape index (κ3) is 2.35. The molecule has 2 nitrogen and oxygen atoms in total. The van der Waals surface area contributed by atoms with Gasteiger partial charge in [0.25, 0.3) is 0 Å². The van der Waals surface area contributed by atoms with Crippen LogP contribution in [0.5, 0.6) is 0 Å². The molecule has 0 saturated carbocycles. The van der Waals surface area contributed by atoms with E-state index < -0.39 is 0 Å². The number of para-hydroxylation sites is 1. The van der Waals surface area contributed by atoms with E-state index >= 15 is 0 Å². The summed E-state index contributed by atoms with van der Waals surface area (Å²) in [7, 11) is 0. The Balaban J connectivity index is 1.52. The highest BCUT2D eigenvalue weighted by Gasteiger charge is 2.16. The fourth-order valence-corrected chi connectivity index (χ4v) is 5.59. The fourth-order valence-electron chi connectivity index (χ4n) is 5.59. The zero-order valence-electron chi connectivity index (χ0n) is 18.3. The number of aromatic nitrogens is 1. The van der Waals surface area contributed by atoms with Gasteiger partial charge in [0.2, 0.25) is 0 Å². The molecule has 0 aliphatic heterocycles. The van der Waals surface area contributed by atoms with Gasteiger partial charge < -0.3 is 8.98 Å². The lowest BCUT2D eigenvalue weighted by Gasteiger charge is -2.10. The third-order valence-corrected chi connectivity index (χ3v) is 7.14. The molecule has 0 atom stereocenters. The zero-order valence-corrected chi connectivity index (χ0v) is 18.3. The van der Waals surface area contributed by atoms with E-state index in [1.54, 1.807) is 0 Å². The molecule has 2 heterocycles. The van der Waals surface area contributed by atoms with Crippen molar-refractivity contribution in [2.75, 3.05) is 0 Å². The lowest BCUT2D eigenvalue weighted by molar-refractivity contribution is 0.669. The van der Waals surface area contributed by atoms with Gasteiger partial charge in [0, 0.05) is 32.6 Å². The van der Waals surface area contributed by atoms with E-state index in [1.165, 1.54) is 43.4 Å². The van der Waals surface area contributed by atoms with Gasteiger partial charge in [0.15, 0.2) is 0 Å². The van der Waals surface area contributed by atoms with Crippen LogP contribution in [0, 0.1) is 0 Å². The maximum absolute atomic E-state index is 6.27. The maximum atomic E-state index is 6.27. The van der Waals surface area contributed by atoms with Gasteiger partial charge in [-0.25, -0.2) is 0 Å². The van der Waals surface area contributed by atoms with Crippen molar-refractivity contribution in [2.45, 2.75) is 0 Å². The summed E-state index contributed by atoms with van der Waals surface area (Å²) in [4.78, 5) is 0. The van der Waals surface area contributed by atoms with Gasteiger partial charge in [-0.15, -0.1) is 0 Å². The number of benzene rings is 6. The average molecular weight is 434 g/mol. The summed E-state index contributed by atoms with van der Waals surface area (Å²) in [5.74, 6) is 0. The van der Waals surface area contributed by atoms with Crippen molar-refractivity contribution in [1.82, 2.24) is 4.57 Å². The SMILES string of the molecule is c1ccc2cc3c(cc2c1)oc1ccc(-n2c4ccccc4c4ccc5ccccc5c42)cc13. The lowest BCUT2D eigenvalue weighted by Crippen LogP contribution is -1.94. The van der Waals surface area contributed by atoms with Gasteiger partial charge in [-0.3, -0.25) is 0 Å². The molecule has 0 spiro atoms. The molecular weight excluding hydrogens is 414 g/mol. The van der Waals surface area contributed by atoms with E-state index in [4.69, 9.17) is 4.42 Å². The molecule has 2 heteroatoms. The van der Waals surface area contributed by atoms with Crippen LogP contribution in [0.15, 0.2) is 120 Å². The Morgan fingerprint density at radius 1 is 0.441 bits per heavy atom. The van der Waals surface area contributed by atoms with Gasteiger partial charge in [0.05, 0.1) is 11.0 Å². The third-order valence-electron chi connectivity index (χ3n) is 7.14.